The third-order valence-electron chi connectivity index (χ3n) is 2.55. The van der Waals surface area contributed by atoms with Gasteiger partial charge in [0, 0.05) is 12.1 Å². The molecule has 1 heterocycles. The Morgan fingerprint density at radius 3 is 2.61 bits per heavy atom. The molecule has 0 aliphatic heterocycles. The molecular weight excluding hydrogens is 230 g/mol. The molecule has 0 aliphatic carbocycles. The first-order valence-electron chi connectivity index (χ1n) is 5.75. The van der Waals surface area contributed by atoms with E-state index in [2.05, 4.69) is 18.9 Å². The van der Waals surface area contributed by atoms with Crippen molar-refractivity contribution in [3.8, 4) is 17.2 Å². The number of nitrogen functional groups attached to an aromatic ring is 1. The minimum Gasteiger partial charge on any atom is -0.497 e. The summed E-state index contributed by atoms with van der Waals surface area (Å²) in [6.07, 6.45) is 3.51. The molecule has 0 amide bonds. The molecule has 2 N–H and O–H groups in total. The summed E-state index contributed by atoms with van der Waals surface area (Å²) < 4.78 is 12.6. The maximum absolute atomic E-state index is 5.88. The van der Waals surface area contributed by atoms with Gasteiger partial charge in [-0.3, -0.25) is 4.68 Å². The van der Waals surface area contributed by atoms with Crippen molar-refractivity contribution in [1.82, 2.24) is 9.78 Å². The minimum atomic E-state index is 0.301. The second kappa shape index (κ2) is 5.00. The van der Waals surface area contributed by atoms with Crippen LogP contribution >= 0.6 is 0 Å². The van der Waals surface area contributed by atoms with E-state index in [4.69, 9.17) is 15.2 Å². The van der Waals surface area contributed by atoms with E-state index in [1.165, 1.54) is 0 Å². The summed E-state index contributed by atoms with van der Waals surface area (Å²) >= 11 is 0. The molecule has 1 aromatic carbocycles. The molecule has 1 aromatic heterocycles. The molecule has 5 heteroatoms. The monoisotopic (exact) mass is 247 g/mol. The van der Waals surface area contributed by atoms with Crippen LogP contribution in [0.3, 0.4) is 0 Å². The average Bonchev–Trinajstić information content (AvgIpc) is 2.80. The van der Waals surface area contributed by atoms with Gasteiger partial charge >= 0.3 is 0 Å². The van der Waals surface area contributed by atoms with Crippen LogP contribution in [-0.4, -0.2) is 16.9 Å². The summed E-state index contributed by atoms with van der Waals surface area (Å²) in [4.78, 5) is 0. The first-order chi connectivity index (χ1) is 8.60. The van der Waals surface area contributed by atoms with Gasteiger partial charge in [-0.15, -0.1) is 0 Å². The lowest BCUT2D eigenvalue weighted by Gasteiger charge is -2.08. The van der Waals surface area contributed by atoms with E-state index in [0.29, 0.717) is 29.0 Å². The zero-order valence-corrected chi connectivity index (χ0v) is 10.8. The van der Waals surface area contributed by atoms with Crippen LogP contribution in [0.5, 0.6) is 17.2 Å². The number of hydrogen-bond donors (Lipinski definition) is 1. The molecule has 0 unspecified atom stereocenters. The largest absolute Gasteiger partial charge is 0.497 e. The fourth-order valence-corrected chi connectivity index (χ4v) is 1.53. The van der Waals surface area contributed by atoms with Crippen molar-refractivity contribution in [2.75, 3.05) is 12.8 Å². The fraction of sp³-hybridized carbons (Fsp3) is 0.308. The van der Waals surface area contributed by atoms with Gasteiger partial charge in [0.25, 0.3) is 0 Å². The highest BCUT2D eigenvalue weighted by atomic mass is 16.5. The number of aromatic nitrogens is 2. The van der Waals surface area contributed by atoms with Crippen LogP contribution in [0.25, 0.3) is 0 Å². The van der Waals surface area contributed by atoms with Gasteiger partial charge in [-0.2, -0.15) is 5.10 Å². The maximum Gasteiger partial charge on any atom is 0.165 e. The van der Waals surface area contributed by atoms with Gasteiger partial charge in [0.05, 0.1) is 25.2 Å². The quantitative estimate of drug-likeness (QED) is 0.844. The highest BCUT2D eigenvalue weighted by molar-refractivity contribution is 5.57. The van der Waals surface area contributed by atoms with Crippen LogP contribution < -0.4 is 15.2 Å². The van der Waals surface area contributed by atoms with Crippen molar-refractivity contribution in [3.63, 3.8) is 0 Å². The lowest BCUT2D eigenvalue weighted by atomic mass is 10.3. The fourth-order valence-electron chi connectivity index (χ4n) is 1.53. The Hall–Kier alpha value is -2.17. The van der Waals surface area contributed by atoms with E-state index in [-0.39, 0.29) is 0 Å². The summed E-state index contributed by atoms with van der Waals surface area (Å²) in [5.74, 6) is 1.97. The highest BCUT2D eigenvalue weighted by Crippen LogP contribution is 2.30. The number of nitrogens with two attached hydrogens (primary N) is 1. The van der Waals surface area contributed by atoms with Gasteiger partial charge in [0.15, 0.2) is 11.5 Å². The SMILES string of the molecule is COc1ccc(Oc2cnn(C(C)C)c2)c(N)c1. The lowest BCUT2D eigenvalue weighted by molar-refractivity contribution is 0.413. The number of rotatable bonds is 4. The van der Waals surface area contributed by atoms with E-state index in [1.54, 1.807) is 31.5 Å². The predicted molar refractivity (Wildman–Crippen MR) is 70.1 cm³/mol. The average molecular weight is 247 g/mol. The van der Waals surface area contributed by atoms with E-state index in [0.717, 1.165) is 0 Å². The Morgan fingerprint density at radius 1 is 1.28 bits per heavy atom. The molecule has 96 valence electrons. The zero-order chi connectivity index (χ0) is 13.1. The molecule has 0 radical (unpaired) electrons. The van der Waals surface area contributed by atoms with Gasteiger partial charge in [0.1, 0.15) is 5.75 Å². The Morgan fingerprint density at radius 2 is 2.06 bits per heavy atom. The Bertz CT molecular complexity index is 535. The van der Waals surface area contributed by atoms with E-state index >= 15 is 0 Å². The number of benzene rings is 1. The smallest absolute Gasteiger partial charge is 0.165 e. The molecule has 0 bridgehead atoms. The molecule has 0 aliphatic rings. The summed E-state index contributed by atoms with van der Waals surface area (Å²) in [5, 5.41) is 4.20. The van der Waals surface area contributed by atoms with Crippen molar-refractivity contribution < 1.29 is 9.47 Å². The summed E-state index contributed by atoms with van der Waals surface area (Å²) in [5.41, 5.74) is 6.41. The molecule has 2 rings (SSSR count). The molecule has 0 fully saturated rings. The van der Waals surface area contributed by atoms with Crippen molar-refractivity contribution >= 4 is 5.69 Å². The first kappa shape index (κ1) is 12.3. The number of nitrogens with zero attached hydrogens (tertiary/aromatic N) is 2. The molecule has 2 aromatic rings. The van der Waals surface area contributed by atoms with Crippen LogP contribution in [0.1, 0.15) is 19.9 Å². The summed E-state index contributed by atoms with van der Waals surface area (Å²) in [7, 11) is 1.60. The second-order valence-electron chi connectivity index (χ2n) is 4.26. The summed E-state index contributed by atoms with van der Waals surface area (Å²) in [6.45, 7) is 4.11. The van der Waals surface area contributed by atoms with Crippen LogP contribution in [-0.2, 0) is 0 Å². The number of hydrogen-bond acceptors (Lipinski definition) is 4. The second-order valence-corrected chi connectivity index (χ2v) is 4.26. The number of methoxy groups -OCH3 is 1. The van der Waals surface area contributed by atoms with E-state index in [1.807, 2.05) is 10.9 Å². The number of ether oxygens (including phenoxy) is 2. The van der Waals surface area contributed by atoms with Crippen molar-refractivity contribution in [2.24, 2.45) is 0 Å². The third kappa shape index (κ3) is 2.56. The van der Waals surface area contributed by atoms with Crippen molar-refractivity contribution in [3.05, 3.63) is 30.6 Å². The molecule has 0 atom stereocenters. The molecule has 0 spiro atoms. The summed E-state index contributed by atoms with van der Waals surface area (Å²) in [6, 6.07) is 5.61. The van der Waals surface area contributed by atoms with Crippen LogP contribution in [0.15, 0.2) is 30.6 Å². The third-order valence-corrected chi connectivity index (χ3v) is 2.55. The molecule has 0 saturated carbocycles. The van der Waals surface area contributed by atoms with Crippen molar-refractivity contribution in [2.45, 2.75) is 19.9 Å². The van der Waals surface area contributed by atoms with Crippen LogP contribution in [0.2, 0.25) is 0 Å². The van der Waals surface area contributed by atoms with Gasteiger partial charge in [-0.25, -0.2) is 0 Å². The van der Waals surface area contributed by atoms with E-state index in [9.17, 15) is 0 Å². The standard InChI is InChI=1S/C13H17N3O2/c1-9(2)16-8-11(7-15-16)18-13-5-4-10(17-3)6-12(13)14/h4-9H,14H2,1-3H3. The topological polar surface area (TPSA) is 62.3 Å². The Kier molecular flexibility index (Phi) is 3.41. The van der Waals surface area contributed by atoms with Crippen molar-refractivity contribution in [1.29, 1.82) is 0 Å². The van der Waals surface area contributed by atoms with Gasteiger partial charge in [0.2, 0.25) is 0 Å². The maximum atomic E-state index is 5.88. The Balaban J connectivity index is 2.17. The minimum absolute atomic E-state index is 0.301. The van der Waals surface area contributed by atoms with E-state index < -0.39 is 0 Å². The van der Waals surface area contributed by atoms with Gasteiger partial charge < -0.3 is 15.2 Å². The molecule has 5 nitrogen and oxygen atoms in total. The molecule has 0 saturated heterocycles. The first-order valence-corrected chi connectivity index (χ1v) is 5.75. The predicted octanol–water partition coefficient (Wildman–Crippen LogP) is 2.85. The zero-order valence-electron chi connectivity index (χ0n) is 10.8. The van der Waals surface area contributed by atoms with Crippen LogP contribution in [0.4, 0.5) is 5.69 Å². The number of anilines is 1. The molecular formula is C13H17N3O2. The van der Waals surface area contributed by atoms with Crippen LogP contribution in [0, 0.1) is 0 Å². The normalized spacial score (nSPS) is 10.7. The van der Waals surface area contributed by atoms with Gasteiger partial charge in [-0.1, -0.05) is 0 Å². The van der Waals surface area contributed by atoms with Gasteiger partial charge in [-0.05, 0) is 26.0 Å². The molecule has 18 heavy (non-hydrogen) atoms. The highest BCUT2D eigenvalue weighted by Gasteiger charge is 2.07. The Labute approximate surface area is 106 Å². The lowest BCUT2D eigenvalue weighted by Crippen LogP contribution is -1.99.